The Bertz CT molecular complexity index is 835. The van der Waals surface area contributed by atoms with E-state index in [4.69, 9.17) is 4.74 Å². The zero-order valence-corrected chi connectivity index (χ0v) is 17.3. The first-order chi connectivity index (χ1) is 13.2. The van der Waals surface area contributed by atoms with Crippen molar-refractivity contribution in [3.05, 3.63) is 46.1 Å². The molecule has 3 N–H and O–H groups in total. The summed E-state index contributed by atoms with van der Waals surface area (Å²) in [5, 5.41) is 23.8. The summed E-state index contributed by atoms with van der Waals surface area (Å²) in [6.07, 6.45) is 7.61. The Morgan fingerprint density at radius 1 is 1.29 bits per heavy atom. The van der Waals surface area contributed by atoms with Crippen molar-refractivity contribution >= 4 is 5.91 Å². The molecule has 2 atom stereocenters. The van der Waals surface area contributed by atoms with E-state index in [2.05, 4.69) is 38.2 Å². The maximum atomic E-state index is 12.0. The number of benzene rings is 1. The van der Waals surface area contributed by atoms with Crippen LogP contribution in [0.2, 0.25) is 0 Å². The highest BCUT2D eigenvalue weighted by Crippen LogP contribution is 2.44. The molecule has 5 nitrogen and oxygen atoms in total. The molecule has 1 aromatic rings. The van der Waals surface area contributed by atoms with Gasteiger partial charge in [0.1, 0.15) is 17.1 Å². The van der Waals surface area contributed by atoms with Crippen LogP contribution in [0.25, 0.3) is 0 Å². The standard InChI is InChI=1S/C23H31NO4/c1-14(2)7-5-8-15(3)9-6-10-23(4)20(26)12-17-19(25)11-16-18(21(17)28-23)13-24-22(16)27/h7,9,11,20,25-26H,5-6,8,10,12-13H2,1-4H3,(H,24,27)/b15-9+. The molecular formula is C23H31NO4. The Labute approximate surface area is 167 Å². The molecule has 0 bridgehead atoms. The van der Waals surface area contributed by atoms with Crippen molar-refractivity contribution in [3.8, 4) is 11.5 Å². The van der Waals surface area contributed by atoms with Crippen LogP contribution in [0, 0.1) is 0 Å². The summed E-state index contributed by atoms with van der Waals surface area (Å²) in [6.45, 7) is 8.66. The summed E-state index contributed by atoms with van der Waals surface area (Å²) >= 11 is 0. The highest BCUT2D eigenvalue weighted by atomic mass is 16.5. The number of aromatic hydroxyl groups is 1. The molecule has 0 fully saturated rings. The van der Waals surface area contributed by atoms with Crippen molar-refractivity contribution in [2.24, 2.45) is 0 Å². The third kappa shape index (κ3) is 4.09. The molecular weight excluding hydrogens is 354 g/mol. The van der Waals surface area contributed by atoms with Crippen LogP contribution in [-0.2, 0) is 13.0 Å². The zero-order valence-electron chi connectivity index (χ0n) is 17.3. The minimum atomic E-state index is -0.753. The van der Waals surface area contributed by atoms with Crippen LogP contribution in [0.15, 0.2) is 29.4 Å². The molecule has 2 heterocycles. The number of allylic oxidation sites excluding steroid dienone is 4. The van der Waals surface area contributed by atoms with E-state index >= 15 is 0 Å². The van der Waals surface area contributed by atoms with Gasteiger partial charge in [-0.15, -0.1) is 0 Å². The van der Waals surface area contributed by atoms with Crippen LogP contribution < -0.4 is 10.1 Å². The van der Waals surface area contributed by atoms with Gasteiger partial charge in [-0.1, -0.05) is 23.3 Å². The minimum absolute atomic E-state index is 0.0157. The topological polar surface area (TPSA) is 78.8 Å². The predicted molar refractivity (Wildman–Crippen MR) is 110 cm³/mol. The quantitative estimate of drug-likeness (QED) is 0.643. The van der Waals surface area contributed by atoms with Gasteiger partial charge >= 0.3 is 0 Å². The fourth-order valence-electron chi connectivity index (χ4n) is 3.92. The average molecular weight is 386 g/mol. The lowest BCUT2D eigenvalue weighted by molar-refractivity contribution is -0.0598. The van der Waals surface area contributed by atoms with Crippen LogP contribution in [-0.4, -0.2) is 27.8 Å². The smallest absolute Gasteiger partial charge is 0.252 e. The third-order valence-corrected chi connectivity index (χ3v) is 5.80. The zero-order chi connectivity index (χ0) is 20.5. The first-order valence-corrected chi connectivity index (χ1v) is 10.0. The second-order valence-corrected chi connectivity index (χ2v) is 8.46. The molecule has 5 heteroatoms. The number of ether oxygens (including phenoxy) is 1. The van der Waals surface area contributed by atoms with Crippen LogP contribution in [0.5, 0.6) is 11.5 Å². The number of phenolic OH excluding ortho intramolecular Hbond substituents is 1. The van der Waals surface area contributed by atoms with Crippen LogP contribution in [0.3, 0.4) is 0 Å². The highest BCUT2D eigenvalue weighted by molar-refractivity contribution is 6.00. The number of carbonyl (C=O) groups excluding carboxylic acids is 1. The molecule has 1 amide bonds. The first kappa shape index (κ1) is 20.5. The van der Waals surface area contributed by atoms with Crippen molar-refractivity contribution in [1.82, 2.24) is 5.32 Å². The van der Waals surface area contributed by atoms with Gasteiger partial charge in [0, 0.05) is 24.1 Å². The Kier molecular flexibility index (Phi) is 5.84. The van der Waals surface area contributed by atoms with Gasteiger partial charge in [0.15, 0.2) is 0 Å². The highest BCUT2D eigenvalue weighted by Gasteiger charge is 2.43. The lowest BCUT2D eigenvalue weighted by Gasteiger charge is -2.40. The average Bonchev–Trinajstić information content (AvgIpc) is 2.97. The molecule has 0 saturated carbocycles. The van der Waals surface area contributed by atoms with E-state index in [0.29, 0.717) is 36.3 Å². The van der Waals surface area contributed by atoms with Gasteiger partial charge in [0.05, 0.1) is 11.7 Å². The molecule has 0 radical (unpaired) electrons. The Balaban J connectivity index is 1.73. The number of nitrogens with one attached hydrogen (secondary N) is 1. The maximum absolute atomic E-state index is 12.0. The van der Waals surface area contributed by atoms with Crippen LogP contribution >= 0.6 is 0 Å². The molecule has 1 aromatic carbocycles. The molecule has 2 unspecified atom stereocenters. The summed E-state index contributed by atoms with van der Waals surface area (Å²) in [5.41, 5.74) is 3.75. The molecule has 3 rings (SSSR count). The van der Waals surface area contributed by atoms with Crippen LogP contribution in [0.4, 0.5) is 0 Å². The van der Waals surface area contributed by atoms with Gasteiger partial charge < -0.3 is 20.3 Å². The van der Waals surface area contributed by atoms with Crippen molar-refractivity contribution in [1.29, 1.82) is 0 Å². The number of aliphatic hydroxyl groups excluding tert-OH is 1. The molecule has 0 aromatic heterocycles. The number of amides is 1. The van der Waals surface area contributed by atoms with Gasteiger partial charge in [0.25, 0.3) is 5.91 Å². The van der Waals surface area contributed by atoms with Gasteiger partial charge in [0.2, 0.25) is 0 Å². The largest absolute Gasteiger partial charge is 0.508 e. The molecule has 152 valence electrons. The molecule has 28 heavy (non-hydrogen) atoms. The normalized spacial score (nSPS) is 23.5. The minimum Gasteiger partial charge on any atom is -0.508 e. The monoisotopic (exact) mass is 385 g/mol. The summed E-state index contributed by atoms with van der Waals surface area (Å²) in [4.78, 5) is 12.0. The Morgan fingerprint density at radius 3 is 2.75 bits per heavy atom. The van der Waals surface area contributed by atoms with E-state index in [9.17, 15) is 15.0 Å². The van der Waals surface area contributed by atoms with Crippen molar-refractivity contribution < 1.29 is 19.7 Å². The third-order valence-electron chi connectivity index (χ3n) is 5.80. The van der Waals surface area contributed by atoms with E-state index in [1.165, 1.54) is 17.2 Å². The second-order valence-electron chi connectivity index (χ2n) is 8.46. The lowest BCUT2D eigenvalue weighted by atomic mass is 9.84. The molecule has 2 aliphatic rings. The molecule has 0 saturated heterocycles. The number of hydrogen-bond acceptors (Lipinski definition) is 4. The summed E-state index contributed by atoms with van der Waals surface area (Å²) in [5.74, 6) is 0.381. The number of hydrogen-bond donors (Lipinski definition) is 3. The fourth-order valence-corrected chi connectivity index (χ4v) is 3.92. The van der Waals surface area contributed by atoms with Crippen LogP contribution in [0.1, 0.15) is 74.9 Å². The lowest BCUT2D eigenvalue weighted by Crippen LogP contribution is -2.49. The van der Waals surface area contributed by atoms with E-state index in [-0.39, 0.29) is 11.7 Å². The number of phenols is 1. The Morgan fingerprint density at radius 2 is 2.04 bits per heavy atom. The molecule has 0 spiro atoms. The fraction of sp³-hybridized carbons (Fsp3) is 0.522. The molecule has 0 aliphatic carbocycles. The van der Waals surface area contributed by atoms with E-state index in [0.717, 1.165) is 24.8 Å². The van der Waals surface area contributed by atoms with Gasteiger partial charge in [-0.3, -0.25) is 4.79 Å². The van der Waals surface area contributed by atoms with Crippen molar-refractivity contribution in [3.63, 3.8) is 0 Å². The summed E-state index contributed by atoms with van der Waals surface area (Å²) in [6, 6.07) is 1.48. The number of carbonyl (C=O) groups is 1. The second kappa shape index (κ2) is 8.00. The van der Waals surface area contributed by atoms with Gasteiger partial charge in [-0.2, -0.15) is 0 Å². The first-order valence-electron chi connectivity index (χ1n) is 10.0. The molecule has 2 aliphatic heterocycles. The SMILES string of the molecule is CC(C)=CCC/C(C)=C/CCC1(C)Oc2c(c(O)cc3c2CNC3=O)CC1O. The van der Waals surface area contributed by atoms with E-state index in [1.54, 1.807) is 0 Å². The summed E-state index contributed by atoms with van der Waals surface area (Å²) in [7, 11) is 0. The maximum Gasteiger partial charge on any atom is 0.252 e. The van der Waals surface area contributed by atoms with Gasteiger partial charge in [-0.05, 0) is 59.4 Å². The number of fused-ring (bicyclic) bond motifs is 3. The number of rotatable bonds is 6. The van der Waals surface area contributed by atoms with Crippen molar-refractivity contribution in [2.45, 2.75) is 78.0 Å². The predicted octanol–water partition coefficient (Wildman–Crippen LogP) is 4.16. The van der Waals surface area contributed by atoms with E-state index < -0.39 is 11.7 Å². The van der Waals surface area contributed by atoms with Gasteiger partial charge in [-0.25, -0.2) is 0 Å². The Hall–Kier alpha value is -2.27. The summed E-state index contributed by atoms with van der Waals surface area (Å²) < 4.78 is 6.26. The van der Waals surface area contributed by atoms with E-state index in [1.807, 2.05) is 6.92 Å². The van der Waals surface area contributed by atoms with Crippen molar-refractivity contribution in [2.75, 3.05) is 0 Å². The number of aliphatic hydroxyl groups is 1.